The summed E-state index contributed by atoms with van der Waals surface area (Å²) >= 11 is 0. The van der Waals surface area contributed by atoms with Crippen LogP contribution in [-0.2, 0) is 10.0 Å². The number of aryl methyl sites for hydroxylation is 2. The Bertz CT molecular complexity index is 521. The number of methoxy groups -OCH3 is 1. The molecular formula is C13H21NO3S. The van der Waals surface area contributed by atoms with Gasteiger partial charge in [0.05, 0.1) is 7.11 Å². The van der Waals surface area contributed by atoms with Crippen LogP contribution in [0.2, 0.25) is 0 Å². The van der Waals surface area contributed by atoms with Crippen LogP contribution in [0.1, 0.15) is 25.0 Å². The fraction of sp³-hybridized carbons (Fsp3) is 0.538. The Morgan fingerprint density at radius 1 is 1.28 bits per heavy atom. The molecule has 0 radical (unpaired) electrons. The first-order chi connectivity index (χ1) is 8.27. The minimum atomic E-state index is -3.52. The van der Waals surface area contributed by atoms with E-state index in [4.69, 9.17) is 4.74 Å². The summed E-state index contributed by atoms with van der Waals surface area (Å²) in [6, 6.07) is 3.57. The van der Waals surface area contributed by atoms with Crippen LogP contribution in [-0.4, -0.2) is 22.1 Å². The van der Waals surface area contributed by atoms with Crippen molar-refractivity contribution in [2.45, 2.75) is 32.6 Å². The Morgan fingerprint density at radius 2 is 1.89 bits per heavy atom. The zero-order chi connectivity index (χ0) is 13.9. The van der Waals surface area contributed by atoms with Crippen molar-refractivity contribution >= 4 is 10.0 Å². The summed E-state index contributed by atoms with van der Waals surface area (Å²) in [5.41, 5.74) is 1.68. The summed E-state index contributed by atoms with van der Waals surface area (Å²) in [5.74, 6) is 0.653. The number of benzene rings is 1. The first-order valence-corrected chi connectivity index (χ1v) is 7.41. The van der Waals surface area contributed by atoms with Gasteiger partial charge in [-0.2, -0.15) is 0 Å². The van der Waals surface area contributed by atoms with Gasteiger partial charge in [0.15, 0.2) is 0 Å². The molecule has 0 saturated carbocycles. The smallest absolute Gasteiger partial charge is 0.244 e. The third-order valence-corrected chi connectivity index (χ3v) is 4.16. The van der Waals surface area contributed by atoms with Crippen molar-refractivity contribution in [3.8, 4) is 5.75 Å². The van der Waals surface area contributed by atoms with E-state index < -0.39 is 10.0 Å². The highest BCUT2D eigenvalue weighted by Gasteiger charge is 2.22. The summed E-state index contributed by atoms with van der Waals surface area (Å²) in [5, 5.41) is 0. The fourth-order valence-electron chi connectivity index (χ4n) is 1.76. The van der Waals surface area contributed by atoms with Crippen molar-refractivity contribution in [2.24, 2.45) is 5.92 Å². The Kier molecular flexibility index (Phi) is 4.76. The molecule has 0 aliphatic carbocycles. The van der Waals surface area contributed by atoms with Crippen LogP contribution in [0, 0.1) is 19.8 Å². The lowest BCUT2D eigenvalue weighted by atomic mass is 10.1. The van der Waals surface area contributed by atoms with E-state index in [1.807, 2.05) is 26.8 Å². The molecule has 5 heteroatoms. The van der Waals surface area contributed by atoms with Crippen molar-refractivity contribution in [3.05, 3.63) is 23.3 Å². The van der Waals surface area contributed by atoms with Gasteiger partial charge in [-0.3, -0.25) is 0 Å². The van der Waals surface area contributed by atoms with Gasteiger partial charge in [-0.05, 0) is 37.0 Å². The van der Waals surface area contributed by atoms with Crippen LogP contribution in [0.25, 0.3) is 0 Å². The van der Waals surface area contributed by atoms with Gasteiger partial charge < -0.3 is 4.74 Å². The second kappa shape index (κ2) is 5.71. The lowest BCUT2D eigenvalue weighted by molar-refractivity contribution is 0.401. The van der Waals surface area contributed by atoms with Crippen molar-refractivity contribution in [2.75, 3.05) is 13.7 Å². The van der Waals surface area contributed by atoms with E-state index in [1.165, 1.54) is 7.11 Å². The highest BCUT2D eigenvalue weighted by Crippen LogP contribution is 2.28. The first-order valence-electron chi connectivity index (χ1n) is 5.93. The molecule has 0 unspecified atom stereocenters. The average molecular weight is 271 g/mol. The molecule has 1 N–H and O–H groups in total. The predicted octanol–water partition coefficient (Wildman–Crippen LogP) is 2.25. The van der Waals surface area contributed by atoms with Gasteiger partial charge >= 0.3 is 0 Å². The zero-order valence-corrected chi connectivity index (χ0v) is 12.4. The van der Waals surface area contributed by atoms with Crippen molar-refractivity contribution in [3.63, 3.8) is 0 Å². The molecule has 0 amide bonds. The molecule has 0 heterocycles. The van der Waals surface area contributed by atoms with Crippen molar-refractivity contribution in [1.29, 1.82) is 0 Å². The topological polar surface area (TPSA) is 55.4 Å². The van der Waals surface area contributed by atoms with Gasteiger partial charge in [-0.15, -0.1) is 0 Å². The minimum absolute atomic E-state index is 0.233. The Labute approximate surface area is 109 Å². The third-order valence-electron chi connectivity index (χ3n) is 2.56. The third kappa shape index (κ3) is 3.46. The molecule has 0 saturated heterocycles. The molecule has 1 aromatic rings. The summed E-state index contributed by atoms with van der Waals surface area (Å²) in [6.07, 6.45) is 0. The number of nitrogens with one attached hydrogen (secondary N) is 1. The molecule has 1 aromatic carbocycles. The quantitative estimate of drug-likeness (QED) is 0.893. The summed E-state index contributed by atoms with van der Waals surface area (Å²) in [6.45, 7) is 8.02. The van der Waals surface area contributed by atoms with Gasteiger partial charge in [0.25, 0.3) is 0 Å². The Morgan fingerprint density at radius 3 is 2.39 bits per heavy atom. The number of hydrogen-bond acceptors (Lipinski definition) is 3. The zero-order valence-electron chi connectivity index (χ0n) is 11.6. The van der Waals surface area contributed by atoms with Crippen LogP contribution in [0.4, 0.5) is 0 Å². The lowest BCUT2D eigenvalue weighted by Crippen LogP contribution is -2.28. The normalized spacial score (nSPS) is 11.9. The molecule has 0 fully saturated rings. The maximum absolute atomic E-state index is 12.3. The summed E-state index contributed by atoms with van der Waals surface area (Å²) in [4.78, 5) is 0.233. The van der Waals surface area contributed by atoms with Gasteiger partial charge in [-0.1, -0.05) is 19.9 Å². The van der Waals surface area contributed by atoms with Gasteiger partial charge in [0, 0.05) is 6.54 Å². The molecule has 1 rings (SSSR count). The van der Waals surface area contributed by atoms with Crippen LogP contribution >= 0.6 is 0 Å². The monoisotopic (exact) mass is 271 g/mol. The fourth-order valence-corrected chi connectivity index (χ4v) is 3.35. The molecule has 0 spiro atoms. The second-order valence-corrected chi connectivity index (χ2v) is 6.56. The SMILES string of the molecule is COc1cc(C)cc(C)c1S(=O)(=O)NCC(C)C. The van der Waals surface area contributed by atoms with E-state index in [2.05, 4.69) is 4.72 Å². The van der Waals surface area contributed by atoms with Gasteiger partial charge in [-0.25, -0.2) is 13.1 Å². The van der Waals surface area contributed by atoms with E-state index >= 15 is 0 Å². The Balaban J connectivity index is 3.23. The lowest BCUT2D eigenvalue weighted by Gasteiger charge is -2.15. The molecule has 0 aliphatic rings. The van der Waals surface area contributed by atoms with Crippen molar-refractivity contribution < 1.29 is 13.2 Å². The number of rotatable bonds is 5. The highest BCUT2D eigenvalue weighted by atomic mass is 32.2. The van der Waals surface area contributed by atoms with E-state index in [0.717, 1.165) is 5.56 Å². The van der Waals surface area contributed by atoms with Crippen LogP contribution in [0.3, 0.4) is 0 Å². The van der Waals surface area contributed by atoms with E-state index in [-0.39, 0.29) is 10.8 Å². The number of sulfonamides is 1. The first kappa shape index (κ1) is 15.0. The molecule has 102 valence electrons. The predicted molar refractivity (Wildman–Crippen MR) is 72.5 cm³/mol. The molecule has 0 aliphatic heterocycles. The standard InChI is InChI=1S/C13H21NO3S/c1-9(2)8-14-18(15,16)13-11(4)6-10(3)7-12(13)17-5/h6-7,9,14H,8H2,1-5H3. The minimum Gasteiger partial charge on any atom is -0.495 e. The van der Waals surface area contributed by atoms with Gasteiger partial charge in [0.2, 0.25) is 10.0 Å². The molecule has 0 aromatic heterocycles. The van der Waals surface area contributed by atoms with Gasteiger partial charge in [0.1, 0.15) is 10.6 Å². The van der Waals surface area contributed by atoms with E-state index in [0.29, 0.717) is 17.9 Å². The highest BCUT2D eigenvalue weighted by molar-refractivity contribution is 7.89. The Hall–Kier alpha value is -1.07. The largest absolute Gasteiger partial charge is 0.495 e. The molecular weight excluding hydrogens is 250 g/mol. The average Bonchev–Trinajstić information content (AvgIpc) is 2.24. The van der Waals surface area contributed by atoms with Crippen LogP contribution < -0.4 is 9.46 Å². The molecule has 18 heavy (non-hydrogen) atoms. The number of ether oxygens (including phenoxy) is 1. The summed E-state index contributed by atoms with van der Waals surface area (Å²) < 4.78 is 32.3. The molecule has 0 atom stereocenters. The maximum Gasteiger partial charge on any atom is 0.244 e. The van der Waals surface area contributed by atoms with Crippen LogP contribution in [0.5, 0.6) is 5.75 Å². The van der Waals surface area contributed by atoms with E-state index in [1.54, 1.807) is 13.0 Å². The number of hydrogen-bond donors (Lipinski definition) is 1. The van der Waals surface area contributed by atoms with E-state index in [9.17, 15) is 8.42 Å². The molecule has 4 nitrogen and oxygen atoms in total. The second-order valence-electron chi connectivity index (χ2n) is 4.86. The maximum atomic E-state index is 12.3. The molecule has 0 bridgehead atoms. The summed E-state index contributed by atoms with van der Waals surface area (Å²) in [7, 11) is -2.04. The van der Waals surface area contributed by atoms with Crippen molar-refractivity contribution in [1.82, 2.24) is 4.72 Å². The van der Waals surface area contributed by atoms with Crippen LogP contribution in [0.15, 0.2) is 17.0 Å².